The molecule has 1 aromatic carbocycles. The molecule has 0 unspecified atom stereocenters. The van der Waals surface area contributed by atoms with Crippen LogP contribution in [0.1, 0.15) is 21.1 Å². The van der Waals surface area contributed by atoms with Crippen molar-refractivity contribution in [3.63, 3.8) is 0 Å². The SMILES string of the molecule is Cc1nc(Nc2ncc(C(=O)Nc3c(C)cccc3Cl)s2)nc(N2CCN(CCOCCO)CC2)n1. The van der Waals surface area contributed by atoms with Gasteiger partial charge in [0.15, 0.2) is 5.13 Å². The molecule has 1 amide bonds. The Kier molecular flexibility index (Phi) is 8.99. The number of aliphatic hydroxyl groups excluding tert-OH is 1. The average Bonchev–Trinajstić information content (AvgIpc) is 3.33. The lowest BCUT2D eigenvalue weighted by Gasteiger charge is -2.34. The van der Waals surface area contributed by atoms with E-state index < -0.39 is 0 Å². The van der Waals surface area contributed by atoms with Gasteiger partial charge in [-0.15, -0.1) is 0 Å². The van der Waals surface area contributed by atoms with Crippen LogP contribution in [0.5, 0.6) is 0 Å². The Morgan fingerprint density at radius 3 is 2.72 bits per heavy atom. The zero-order chi connectivity index (χ0) is 25.5. The summed E-state index contributed by atoms with van der Waals surface area (Å²) < 4.78 is 5.36. The third-order valence-electron chi connectivity index (χ3n) is 5.59. The van der Waals surface area contributed by atoms with Crippen LogP contribution in [0.4, 0.5) is 22.7 Å². The zero-order valence-corrected chi connectivity index (χ0v) is 21.8. The number of aliphatic hydroxyl groups is 1. The number of nitrogens with one attached hydrogen (secondary N) is 2. The van der Waals surface area contributed by atoms with Crippen LogP contribution < -0.4 is 15.5 Å². The fraction of sp³-hybridized carbons (Fsp3) is 0.435. The molecule has 4 rings (SSSR count). The highest BCUT2D eigenvalue weighted by atomic mass is 35.5. The highest BCUT2D eigenvalue weighted by Gasteiger charge is 2.20. The van der Waals surface area contributed by atoms with Gasteiger partial charge in [0, 0.05) is 32.7 Å². The number of aryl methyl sites for hydroxylation is 2. The number of hydrogen-bond acceptors (Lipinski definition) is 11. The third kappa shape index (κ3) is 6.86. The van der Waals surface area contributed by atoms with Gasteiger partial charge >= 0.3 is 0 Å². The first-order chi connectivity index (χ1) is 17.4. The average molecular weight is 533 g/mol. The minimum absolute atomic E-state index is 0.0423. The normalized spacial score (nSPS) is 14.2. The monoisotopic (exact) mass is 532 g/mol. The summed E-state index contributed by atoms with van der Waals surface area (Å²) in [6.45, 7) is 8.84. The molecule has 0 spiro atoms. The minimum atomic E-state index is -0.288. The van der Waals surface area contributed by atoms with Crippen LogP contribution in [0.15, 0.2) is 24.4 Å². The van der Waals surface area contributed by atoms with Crippen LogP contribution >= 0.6 is 22.9 Å². The third-order valence-corrected chi connectivity index (χ3v) is 6.81. The number of piperazine rings is 1. The van der Waals surface area contributed by atoms with Gasteiger partial charge in [0.05, 0.1) is 36.7 Å². The van der Waals surface area contributed by atoms with Gasteiger partial charge in [0.1, 0.15) is 10.7 Å². The quantitative estimate of drug-likeness (QED) is 0.335. The van der Waals surface area contributed by atoms with E-state index in [-0.39, 0.29) is 12.5 Å². The summed E-state index contributed by atoms with van der Waals surface area (Å²) in [7, 11) is 0. The lowest BCUT2D eigenvalue weighted by molar-refractivity contribution is 0.0724. The van der Waals surface area contributed by atoms with E-state index in [1.54, 1.807) is 6.07 Å². The zero-order valence-electron chi connectivity index (χ0n) is 20.2. The van der Waals surface area contributed by atoms with E-state index >= 15 is 0 Å². The number of anilines is 4. The van der Waals surface area contributed by atoms with Gasteiger partial charge in [-0.25, -0.2) is 4.98 Å². The first kappa shape index (κ1) is 26.2. The van der Waals surface area contributed by atoms with E-state index in [2.05, 4.69) is 40.4 Å². The van der Waals surface area contributed by atoms with Gasteiger partial charge in [-0.05, 0) is 25.5 Å². The number of halogens is 1. The van der Waals surface area contributed by atoms with Crippen LogP contribution in [-0.2, 0) is 4.74 Å². The largest absolute Gasteiger partial charge is 0.394 e. The molecule has 3 N–H and O–H groups in total. The Balaban J connectivity index is 1.36. The number of thiazole rings is 1. The minimum Gasteiger partial charge on any atom is -0.394 e. The molecule has 0 atom stereocenters. The smallest absolute Gasteiger partial charge is 0.267 e. The summed E-state index contributed by atoms with van der Waals surface area (Å²) >= 11 is 7.43. The fourth-order valence-electron chi connectivity index (χ4n) is 3.69. The summed E-state index contributed by atoms with van der Waals surface area (Å²) in [5.41, 5.74) is 1.46. The standard InChI is InChI=1S/C23H29ClN8O3S/c1-15-4-3-5-17(24)19(15)28-20(34)18-14-25-23(36-18)30-21-26-16(2)27-22(29-21)32-8-6-31(7-9-32)10-12-35-13-11-33/h3-5,14,33H,6-13H2,1-2H3,(H,28,34)(H,25,26,27,29,30). The maximum Gasteiger partial charge on any atom is 0.267 e. The van der Waals surface area contributed by atoms with Crippen molar-refractivity contribution in [2.24, 2.45) is 0 Å². The molecule has 2 aromatic heterocycles. The molecule has 1 aliphatic rings. The van der Waals surface area contributed by atoms with Crippen LogP contribution in [0.3, 0.4) is 0 Å². The van der Waals surface area contributed by atoms with Crippen molar-refractivity contribution in [2.75, 3.05) is 68.1 Å². The van der Waals surface area contributed by atoms with Crippen molar-refractivity contribution in [2.45, 2.75) is 13.8 Å². The Labute approximate surface area is 218 Å². The predicted molar refractivity (Wildman–Crippen MR) is 141 cm³/mol. The van der Waals surface area contributed by atoms with Crippen LogP contribution in [-0.4, -0.2) is 88.4 Å². The number of carbonyl (C=O) groups excluding carboxylic acids is 1. The Hall–Kier alpha value is -2.90. The molecule has 1 saturated heterocycles. The number of rotatable bonds is 10. The molecule has 36 heavy (non-hydrogen) atoms. The van der Waals surface area contributed by atoms with Crippen molar-refractivity contribution < 1.29 is 14.6 Å². The second-order valence-corrected chi connectivity index (χ2v) is 9.65. The molecule has 0 bridgehead atoms. The van der Waals surface area contributed by atoms with Crippen LogP contribution in [0.2, 0.25) is 5.02 Å². The van der Waals surface area contributed by atoms with Gasteiger partial charge in [0.25, 0.3) is 5.91 Å². The highest BCUT2D eigenvalue weighted by Crippen LogP contribution is 2.28. The summed E-state index contributed by atoms with van der Waals surface area (Å²) in [5, 5.41) is 15.7. The molecular weight excluding hydrogens is 504 g/mol. The van der Waals surface area contributed by atoms with Crippen LogP contribution in [0, 0.1) is 13.8 Å². The van der Waals surface area contributed by atoms with Crippen molar-refractivity contribution >= 4 is 51.6 Å². The van der Waals surface area contributed by atoms with Crippen molar-refractivity contribution in [3.8, 4) is 0 Å². The number of nitrogens with zero attached hydrogens (tertiary/aromatic N) is 6. The molecule has 13 heteroatoms. The second kappa shape index (κ2) is 12.4. The maximum absolute atomic E-state index is 12.7. The van der Waals surface area contributed by atoms with E-state index in [0.717, 1.165) is 38.3 Å². The fourth-order valence-corrected chi connectivity index (χ4v) is 4.67. The molecule has 1 aliphatic heterocycles. The van der Waals surface area contributed by atoms with E-state index in [1.165, 1.54) is 17.5 Å². The number of carbonyl (C=O) groups is 1. The number of hydrogen-bond donors (Lipinski definition) is 3. The molecule has 192 valence electrons. The first-order valence-electron chi connectivity index (χ1n) is 11.6. The molecule has 0 saturated carbocycles. The van der Waals surface area contributed by atoms with Gasteiger partial charge < -0.3 is 20.1 Å². The molecule has 11 nitrogen and oxygen atoms in total. The van der Waals surface area contributed by atoms with Crippen molar-refractivity contribution in [1.29, 1.82) is 0 Å². The van der Waals surface area contributed by atoms with E-state index in [4.69, 9.17) is 21.4 Å². The number of amides is 1. The van der Waals surface area contributed by atoms with Gasteiger partial charge in [-0.2, -0.15) is 15.0 Å². The number of aromatic nitrogens is 4. The van der Waals surface area contributed by atoms with Gasteiger partial charge in [-0.1, -0.05) is 35.1 Å². The molecule has 0 aliphatic carbocycles. The Morgan fingerprint density at radius 1 is 1.17 bits per heavy atom. The molecular formula is C23H29ClN8O3S. The van der Waals surface area contributed by atoms with E-state index in [0.29, 0.717) is 51.7 Å². The van der Waals surface area contributed by atoms with Crippen LogP contribution in [0.25, 0.3) is 0 Å². The Morgan fingerprint density at radius 2 is 1.97 bits per heavy atom. The highest BCUT2D eigenvalue weighted by molar-refractivity contribution is 7.17. The topological polar surface area (TPSA) is 129 Å². The number of benzene rings is 1. The Bertz CT molecular complexity index is 1170. The maximum atomic E-state index is 12.7. The predicted octanol–water partition coefficient (Wildman–Crippen LogP) is 2.73. The number of ether oxygens (including phenoxy) is 1. The van der Waals surface area contributed by atoms with Crippen molar-refractivity contribution in [3.05, 3.63) is 45.7 Å². The summed E-state index contributed by atoms with van der Waals surface area (Å²) in [6.07, 6.45) is 1.51. The molecule has 3 heterocycles. The lowest BCUT2D eigenvalue weighted by Crippen LogP contribution is -2.48. The summed E-state index contributed by atoms with van der Waals surface area (Å²) in [6, 6.07) is 5.45. The van der Waals surface area contributed by atoms with Crippen molar-refractivity contribution in [1.82, 2.24) is 24.8 Å². The van der Waals surface area contributed by atoms with E-state index in [1.807, 2.05) is 26.0 Å². The molecule has 1 fully saturated rings. The lowest BCUT2D eigenvalue weighted by atomic mass is 10.2. The van der Waals surface area contributed by atoms with Gasteiger partial charge in [-0.3, -0.25) is 15.0 Å². The molecule has 0 radical (unpaired) electrons. The van der Waals surface area contributed by atoms with E-state index in [9.17, 15) is 4.79 Å². The summed E-state index contributed by atoms with van der Waals surface area (Å²) in [4.78, 5) is 35.4. The summed E-state index contributed by atoms with van der Waals surface area (Å²) in [5.74, 6) is 1.28. The second-order valence-electron chi connectivity index (χ2n) is 8.21. The number of para-hydroxylation sites is 1. The van der Waals surface area contributed by atoms with Gasteiger partial charge in [0.2, 0.25) is 11.9 Å². The molecule has 3 aromatic rings. The first-order valence-corrected chi connectivity index (χ1v) is 12.8.